The number of halogens is 8. The summed E-state index contributed by atoms with van der Waals surface area (Å²) in [4.78, 5) is 23.1. The Hall–Kier alpha value is -2.01. The average molecular weight is 466 g/mol. The van der Waals surface area contributed by atoms with Crippen molar-refractivity contribution in [3.8, 4) is 0 Å². The van der Waals surface area contributed by atoms with Crippen LogP contribution in [0, 0.1) is 0 Å². The molecule has 0 saturated heterocycles. The SMILES string of the molecule is C=C(F)C(=O)OC(OCCC(F)(F)C(F)(F)S(=O)(=O)[O-])(C(=O)N(C)C)C(F)(F)F. The molecule has 0 rings (SSSR count). The van der Waals surface area contributed by atoms with E-state index in [1.807, 2.05) is 0 Å². The van der Waals surface area contributed by atoms with Gasteiger partial charge in [0.25, 0.3) is 0 Å². The minimum atomic E-state index is -6.95. The first-order chi connectivity index (χ1) is 12.6. The van der Waals surface area contributed by atoms with Crippen LogP contribution < -0.4 is 0 Å². The third-order valence-electron chi connectivity index (χ3n) is 2.98. The van der Waals surface area contributed by atoms with E-state index in [0.717, 1.165) is 0 Å². The number of esters is 1. The van der Waals surface area contributed by atoms with Gasteiger partial charge in [-0.25, -0.2) is 13.2 Å². The first-order valence-corrected chi connectivity index (χ1v) is 8.26. The summed E-state index contributed by atoms with van der Waals surface area (Å²) in [6, 6.07) is 0. The molecule has 29 heavy (non-hydrogen) atoms. The number of amides is 1. The summed E-state index contributed by atoms with van der Waals surface area (Å²) in [6.45, 7) is 0.104. The predicted octanol–water partition coefficient (Wildman–Crippen LogP) is 1.54. The van der Waals surface area contributed by atoms with Crippen molar-refractivity contribution in [3.05, 3.63) is 12.4 Å². The molecule has 0 aliphatic carbocycles. The van der Waals surface area contributed by atoms with Gasteiger partial charge in [-0.1, -0.05) is 6.58 Å². The van der Waals surface area contributed by atoms with Gasteiger partial charge in [0.2, 0.25) is 5.83 Å². The summed E-state index contributed by atoms with van der Waals surface area (Å²) >= 11 is 0. The first-order valence-electron chi connectivity index (χ1n) is 6.85. The van der Waals surface area contributed by atoms with Gasteiger partial charge in [-0.05, 0) is 0 Å². The van der Waals surface area contributed by atoms with Crippen molar-refractivity contribution in [2.75, 3.05) is 20.7 Å². The van der Waals surface area contributed by atoms with E-state index in [4.69, 9.17) is 0 Å². The first kappa shape index (κ1) is 27.0. The molecule has 17 heteroatoms. The van der Waals surface area contributed by atoms with E-state index >= 15 is 0 Å². The zero-order valence-corrected chi connectivity index (χ0v) is 15.2. The lowest BCUT2D eigenvalue weighted by atomic mass is 10.2. The van der Waals surface area contributed by atoms with Crippen molar-refractivity contribution in [1.82, 2.24) is 4.90 Å². The fourth-order valence-corrected chi connectivity index (χ4v) is 2.00. The van der Waals surface area contributed by atoms with Crippen molar-refractivity contribution in [3.63, 3.8) is 0 Å². The number of likely N-dealkylation sites (N-methyl/N-ethyl adjacent to an activating group) is 1. The molecule has 0 N–H and O–H groups in total. The molecular formula is C12H12F8NO7S-. The van der Waals surface area contributed by atoms with Gasteiger partial charge in [-0.2, -0.15) is 35.1 Å². The predicted molar refractivity (Wildman–Crippen MR) is 74.0 cm³/mol. The zero-order valence-electron chi connectivity index (χ0n) is 14.4. The summed E-state index contributed by atoms with van der Waals surface area (Å²) in [7, 11) is -5.65. The van der Waals surface area contributed by atoms with Gasteiger partial charge in [0.05, 0.1) is 6.61 Å². The Morgan fingerprint density at radius 2 is 1.52 bits per heavy atom. The lowest BCUT2D eigenvalue weighted by Gasteiger charge is -2.35. The molecule has 0 bridgehead atoms. The number of hydrogen-bond donors (Lipinski definition) is 0. The average Bonchev–Trinajstić information content (AvgIpc) is 2.50. The maximum absolute atomic E-state index is 13.4. The Morgan fingerprint density at radius 3 is 1.83 bits per heavy atom. The highest BCUT2D eigenvalue weighted by Crippen LogP contribution is 2.42. The molecule has 0 aliphatic rings. The van der Waals surface area contributed by atoms with Crippen LogP contribution in [0.1, 0.15) is 6.42 Å². The van der Waals surface area contributed by atoms with Crippen LogP contribution >= 0.6 is 0 Å². The Morgan fingerprint density at radius 1 is 1.07 bits per heavy atom. The number of carbonyl (C=O) groups excluding carboxylic acids is 2. The minimum absolute atomic E-state index is 0.0800. The molecule has 0 aromatic carbocycles. The number of carbonyl (C=O) groups is 2. The van der Waals surface area contributed by atoms with E-state index in [2.05, 4.69) is 16.1 Å². The molecule has 1 unspecified atom stereocenters. The largest absolute Gasteiger partial charge is 0.743 e. The maximum Gasteiger partial charge on any atom is 0.466 e. The van der Waals surface area contributed by atoms with Crippen LogP contribution in [0.5, 0.6) is 0 Å². The summed E-state index contributed by atoms with van der Waals surface area (Å²) in [5, 5.41) is -6.25. The Labute approximate surface area is 157 Å². The Balaban J connectivity index is 6.00. The van der Waals surface area contributed by atoms with E-state index in [1.165, 1.54) is 0 Å². The molecule has 1 amide bonds. The second-order valence-electron chi connectivity index (χ2n) is 5.38. The van der Waals surface area contributed by atoms with Gasteiger partial charge >= 0.3 is 35.0 Å². The quantitative estimate of drug-likeness (QED) is 0.167. The molecule has 0 fully saturated rings. The van der Waals surface area contributed by atoms with Crippen LogP contribution in [-0.4, -0.2) is 73.6 Å². The van der Waals surface area contributed by atoms with Crippen molar-refractivity contribution >= 4 is 22.0 Å². The molecule has 8 nitrogen and oxygen atoms in total. The summed E-state index contributed by atoms with van der Waals surface area (Å²) in [6.07, 6.45) is -8.60. The topological polar surface area (TPSA) is 113 Å². The van der Waals surface area contributed by atoms with Crippen LogP contribution in [0.2, 0.25) is 0 Å². The number of hydrogen-bond acceptors (Lipinski definition) is 7. The normalized spacial score (nSPS) is 15.4. The van der Waals surface area contributed by atoms with Crippen LogP contribution in [0.25, 0.3) is 0 Å². The van der Waals surface area contributed by atoms with Gasteiger partial charge < -0.3 is 18.9 Å². The minimum Gasteiger partial charge on any atom is -0.743 e. The van der Waals surface area contributed by atoms with Gasteiger partial charge in [0.15, 0.2) is 10.1 Å². The van der Waals surface area contributed by atoms with Crippen molar-refractivity contribution < 1.29 is 67.2 Å². The molecule has 0 aromatic heterocycles. The van der Waals surface area contributed by atoms with E-state index in [9.17, 15) is 57.7 Å². The van der Waals surface area contributed by atoms with Crippen molar-refractivity contribution in [2.24, 2.45) is 0 Å². The second-order valence-corrected chi connectivity index (χ2v) is 6.80. The smallest absolute Gasteiger partial charge is 0.466 e. The summed E-state index contributed by atoms with van der Waals surface area (Å²) in [5.41, 5.74) is 0. The summed E-state index contributed by atoms with van der Waals surface area (Å²) in [5.74, 6) is -17.5. The molecular weight excluding hydrogens is 454 g/mol. The standard InChI is InChI=1S/C12H13F8NO7S/c1-6(13)7(22)28-10(11(16,17)18,8(23)21(2)3)27-5-4-9(14,15)12(19,20)29(24,25)26/h1,4-5H2,2-3H3,(H,24,25,26)/p-1. The highest BCUT2D eigenvalue weighted by atomic mass is 32.2. The van der Waals surface area contributed by atoms with Crippen molar-refractivity contribution in [1.29, 1.82) is 0 Å². The highest BCUT2D eigenvalue weighted by Gasteiger charge is 2.68. The van der Waals surface area contributed by atoms with Crippen LogP contribution in [0.3, 0.4) is 0 Å². The molecule has 1 atom stereocenters. The third-order valence-corrected chi connectivity index (χ3v) is 3.91. The molecule has 0 aliphatic heterocycles. The van der Waals surface area contributed by atoms with E-state index < -0.39 is 64.0 Å². The van der Waals surface area contributed by atoms with Gasteiger partial charge in [0, 0.05) is 20.5 Å². The molecule has 0 saturated carbocycles. The summed E-state index contributed by atoms with van der Waals surface area (Å²) < 4.78 is 144. The van der Waals surface area contributed by atoms with E-state index in [0.29, 0.717) is 14.1 Å². The number of alkyl halides is 7. The van der Waals surface area contributed by atoms with E-state index in [1.54, 1.807) is 0 Å². The monoisotopic (exact) mass is 466 g/mol. The number of ether oxygens (including phenoxy) is 2. The highest BCUT2D eigenvalue weighted by molar-refractivity contribution is 7.86. The number of nitrogens with zero attached hydrogens (tertiary/aromatic N) is 1. The Kier molecular flexibility index (Phi) is 7.81. The van der Waals surface area contributed by atoms with Gasteiger partial charge in [0.1, 0.15) is 0 Å². The van der Waals surface area contributed by atoms with Crippen LogP contribution in [0.15, 0.2) is 12.4 Å². The van der Waals surface area contributed by atoms with E-state index in [-0.39, 0.29) is 4.90 Å². The second kappa shape index (κ2) is 8.39. The molecule has 0 heterocycles. The fraction of sp³-hybridized carbons (Fsp3) is 0.667. The molecule has 0 aromatic rings. The van der Waals surface area contributed by atoms with Crippen molar-refractivity contribution in [2.45, 2.75) is 29.6 Å². The molecule has 0 radical (unpaired) electrons. The lowest BCUT2D eigenvalue weighted by molar-refractivity contribution is -0.352. The molecule has 0 spiro atoms. The third kappa shape index (κ3) is 5.53. The Bertz CT molecular complexity index is 765. The number of rotatable bonds is 9. The lowest BCUT2D eigenvalue weighted by Crippen LogP contribution is -2.61. The van der Waals surface area contributed by atoms with Gasteiger partial charge in [-0.3, -0.25) is 4.79 Å². The maximum atomic E-state index is 13.4. The molecule has 170 valence electrons. The fourth-order valence-electron chi connectivity index (χ4n) is 1.53. The van der Waals surface area contributed by atoms with Crippen LogP contribution in [-0.2, 0) is 29.2 Å². The zero-order chi connectivity index (χ0) is 23.6. The van der Waals surface area contributed by atoms with Gasteiger partial charge in [-0.15, -0.1) is 0 Å². The van der Waals surface area contributed by atoms with Crippen LogP contribution in [0.4, 0.5) is 35.1 Å².